The lowest BCUT2D eigenvalue weighted by Crippen LogP contribution is -2.30. The summed E-state index contributed by atoms with van der Waals surface area (Å²) in [4.78, 5) is 4.43. The minimum absolute atomic E-state index is 0.190. The molecular weight excluding hydrogens is 414 g/mol. The van der Waals surface area contributed by atoms with Crippen LogP contribution in [0.15, 0.2) is 38.8 Å². The van der Waals surface area contributed by atoms with E-state index in [9.17, 15) is 8.42 Å². The van der Waals surface area contributed by atoms with Crippen LogP contribution in [0.3, 0.4) is 0 Å². The van der Waals surface area contributed by atoms with Crippen molar-refractivity contribution in [2.45, 2.75) is 43.0 Å². The quantitative estimate of drug-likeness (QED) is 0.393. The predicted molar refractivity (Wildman–Crippen MR) is 109 cm³/mol. The molecule has 3 aromatic rings. The molecule has 0 bridgehead atoms. The molecule has 0 aliphatic rings. The number of aromatic nitrogens is 5. The molecule has 0 radical (unpaired) electrons. The summed E-state index contributed by atoms with van der Waals surface area (Å²) in [7, 11) is -3.58. The van der Waals surface area contributed by atoms with E-state index < -0.39 is 10.0 Å². The van der Waals surface area contributed by atoms with Crippen LogP contribution in [0.1, 0.15) is 32.5 Å². The third-order valence-electron chi connectivity index (χ3n) is 4.24. The first kappa shape index (κ1) is 21.3. The van der Waals surface area contributed by atoms with Crippen LogP contribution in [0.25, 0.3) is 11.4 Å². The molecule has 0 aliphatic heterocycles. The lowest BCUT2D eigenvalue weighted by molar-refractivity contribution is 0.378. The largest absolute Gasteiger partial charge is 0.339 e. The van der Waals surface area contributed by atoms with E-state index in [-0.39, 0.29) is 4.90 Å². The molecule has 0 saturated heterocycles. The highest BCUT2D eigenvalue weighted by Gasteiger charge is 2.23. The first-order valence-corrected chi connectivity index (χ1v) is 11.6. The lowest BCUT2D eigenvalue weighted by atomic mass is 10.2. The van der Waals surface area contributed by atoms with Crippen LogP contribution < -0.4 is 5.84 Å². The molecule has 2 heterocycles. The van der Waals surface area contributed by atoms with Crippen molar-refractivity contribution in [3.8, 4) is 11.4 Å². The average Bonchev–Trinajstić information content (AvgIpc) is 3.33. The number of aryl methyl sites for hydroxylation is 1. The standard InChI is InChI=1S/C17H23N7O3S2/c1-4-15-19-14(22-27-15)11-28-17-21-20-16(24(17)18)12-8-7-9-13(10-12)29(25,26)23(5-2)6-3/h7-10H,4-6,11,18H2,1-3H3. The molecule has 0 saturated carbocycles. The molecule has 2 N–H and O–H groups in total. The van der Waals surface area contributed by atoms with E-state index in [1.165, 1.54) is 20.7 Å². The Labute approximate surface area is 173 Å². The number of hydrogen-bond acceptors (Lipinski definition) is 9. The summed E-state index contributed by atoms with van der Waals surface area (Å²) in [5, 5.41) is 12.6. The molecule has 0 atom stereocenters. The smallest absolute Gasteiger partial charge is 0.243 e. The normalized spacial score (nSPS) is 12.0. The number of nitrogens with two attached hydrogens (primary N) is 1. The lowest BCUT2D eigenvalue weighted by Gasteiger charge is -2.18. The molecule has 3 rings (SSSR count). The van der Waals surface area contributed by atoms with E-state index in [2.05, 4.69) is 20.3 Å². The van der Waals surface area contributed by atoms with Crippen LogP contribution in [0, 0.1) is 0 Å². The molecule has 0 unspecified atom stereocenters. The van der Waals surface area contributed by atoms with Crippen molar-refractivity contribution in [2.75, 3.05) is 18.9 Å². The van der Waals surface area contributed by atoms with E-state index in [4.69, 9.17) is 10.4 Å². The summed E-state index contributed by atoms with van der Waals surface area (Å²) in [6, 6.07) is 6.53. The van der Waals surface area contributed by atoms with Crippen molar-refractivity contribution >= 4 is 21.8 Å². The highest BCUT2D eigenvalue weighted by molar-refractivity contribution is 7.98. The first-order valence-electron chi connectivity index (χ1n) is 9.16. The van der Waals surface area contributed by atoms with Gasteiger partial charge in [0.1, 0.15) is 0 Å². The molecule has 10 nitrogen and oxygen atoms in total. The maximum atomic E-state index is 12.8. The molecule has 0 amide bonds. The van der Waals surface area contributed by atoms with Crippen molar-refractivity contribution in [1.82, 2.24) is 29.3 Å². The van der Waals surface area contributed by atoms with Crippen LogP contribution in [0.2, 0.25) is 0 Å². The van der Waals surface area contributed by atoms with Crippen LogP contribution in [-0.2, 0) is 22.2 Å². The minimum atomic E-state index is -3.58. The molecule has 12 heteroatoms. The third kappa shape index (κ3) is 4.43. The Kier molecular flexibility index (Phi) is 6.55. The number of nitrogens with zero attached hydrogens (tertiary/aromatic N) is 6. The van der Waals surface area contributed by atoms with Gasteiger partial charge in [0.05, 0.1) is 10.6 Å². The molecule has 156 valence electrons. The molecule has 0 fully saturated rings. The summed E-state index contributed by atoms with van der Waals surface area (Å²) < 4.78 is 33.4. The zero-order valence-corrected chi connectivity index (χ0v) is 18.1. The van der Waals surface area contributed by atoms with Crippen molar-refractivity contribution in [1.29, 1.82) is 0 Å². The monoisotopic (exact) mass is 437 g/mol. The number of nitrogen functional groups attached to an aromatic ring is 1. The Balaban J connectivity index is 1.83. The number of sulfonamides is 1. The molecule has 29 heavy (non-hydrogen) atoms. The highest BCUT2D eigenvalue weighted by atomic mass is 32.2. The van der Waals surface area contributed by atoms with Crippen LogP contribution >= 0.6 is 11.8 Å². The molecular formula is C17H23N7O3S2. The molecule has 0 aliphatic carbocycles. The van der Waals surface area contributed by atoms with Crippen LogP contribution in [0.5, 0.6) is 0 Å². The zero-order chi connectivity index (χ0) is 21.0. The maximum Gasteiger partial charge on any atom is 0.243 e. The Bertz CT molecular complexity index is 1070. The Hall–Kier alpha value is -2.44. The highest BCUT2D eigenvalue weighted by Crippen LogP contribution is 2.26. The van der Waals surface area contributed by atoms with Gasteiger partial charge in [0, 0.05) is 25.1 Å². The number of benzene rings is 1. The second-order valence-electron chi connectivity index (χ2n) is 6.04. The minimum Gasteiger partial charge on any atom is -0.339 e. The van der Waals surface area contributed by atoms with Gasteiger partial charge in [-0.25, -0.2) is 13.1 Å². The maximum absolute atomic E-state index is 12.8. The number of thioether (sulfide) groups is 1. The van der Waals surface area contributed by atoms with Crippen molar-refractivity contribution in [3.63, 3.8) is 0 Å². The fourth-order valence-corrected chi connectivity index (χ4v) is 4.91. The summed E-state index contributed by atoms with van der Waals surface area (Å²) in [5.74, 6) is 8.06. The summed E-state index contributed by atoms with van der Waals surface area (Å²) in [6.07, 6.45) is 0.668. The fourth-order valence-electron chi connectivity index (χ4n) is 2.70. The Morgan fingerprint density at radius 2 is 1.97 bits per heavy atom. The SMILES string of the molecule is CCc1nc(CSc2nnc(-c3cccc(S(=O)(=O)N(CC)CC)c3)n2N)no1. The van der Waals surface area contributed by atoms with Gasteiger partial charge < -0.3 is 10.4 Å². The van der Waals surface area contributed by atoms with E-state index in [0.717, 1.165) is 0 Å². The average molecular weight is 438 g/mol. The number of rotatable bonds is 9. The fraction of sp³-hybridized carbons (Fsp3) is 0.412. The van der Waals surface area contributed by atoms with Crippen molar-refractivity contribution in [2.24, 2.45) is 0 Å². The summed E-state index contributed by atoms with van der Waals surface area (Å²) in [6.45, 7) is 6.33. The molecule has 2 aromatic heterocycles. The van der Waals surface area contributed by atoms with E-state index in [1.807, 2.05) is 6.92 Å². The zero-order valence-electron chi connectivity index (χ0n) is 16.4. The Morgan fingerprint density at radius 3 is 2.62 bits per heavy atom. The first-order chi connectivity index (χ1) is 13.9. The van der Waals surface area contributed by atoms with Crippen molar-refractivity contribution < 1.29 is 12.9 Å². The second kappa shape index (κ2) is 8.93. The van der Waals surface area contributed by atoms with Crippen LogP contribution in [0.4, 0.5) is 0 Å². The third-order valence-corrected chi connectivity index (χ3v) is 7.23. The van der Waals surface area contributed by atoms with Gasteiger partial charge in [-0.2, -0.15) is 9.29 Å². The molecule has 1 aromatic carbocycles. The topological polar surface area (TPSA) is 133 Å². The summed E-state index contributed by atoms with van der Waals surface area (Å²) in [5.41, 5.74) is 0.563. The van der Waals surface area contributed by atoms with Crippen molar-refractivity contribution in [3.05, 3.63) is 36.0 Å². The van der Waals surface area contributed by atoms with E-state index in [1.54, 1.807) is 38.1 Å². The van der Waals surface area contributed by atoms with Gasteiger partial charge in [0.2, 0.25) is 21.1 Å². The van der Waals surface area contributed by atoms with Gasteiger partial charge in [-0.1, -0.05) is 49.8 Å². The van der Waals surface area contributed by atoms with E-state index in [0.29, 0.717) is 53.5 Å². The summed E-state index contributed by atoms with van der Waals surface area (Å²) >= 11 is 1.31. The predicted octanol–water partition coefficient (Wildman–Crippen LogP) is 1.93. The molecule has 0 spiro atoms. The van der Waals surface area contributed by atoms with Crippen LogP contribution in [-0.4, -0.2) is 50.8 Å². The van der Waals surface area contributed by atoms with Gasteiger partial charge in [-0.3, -0.25) is 0 Å². The van der Waals surface area contributed by atoms with Gasteiger partial charge >= 0.3 is 0 Å². The number of hydrogen-bond donors (Lipinski definition) is 1. The van der Waals surface area contributed by atoms with Gasteiger partial charge in [-0.15, -0.1) is 10.2 Å². The Morgan fingerprint density at radius 1 is 1.21 bits per heavy atom. The van der Waals surface area contributed by atoms with Gasteiger partial charge in [0.25, 0.3) is 0 Å². The van der Waals surface area contributed by atoms with Gasteiger partial charge in [-0.05, 0) is 12.1 Å². The van der Waals surface area contributed by atoms with Gasteiger partial charge in [0.15, 0.2) is 11.6 Å². The van der Waals surface area contributed by atoms with E-state index >= 15 is 0 Å². The second-order valence-corrected chi connectivity index (χ2v) is 8.92.